The number of nitrogens with zero attached hydrogens (tertiary/aromatic N) is 3. The number of anilines is 1. The van der Waals surface area contributed by atoms with Gasteiger partial charge in [-0.1, -0.05) is 29.8 Å². The van der Waals surface area contributed by atoms with E-state index in [0.717, 1.165) is 16.9 Å². The van der Waals surface area contributed by atoms with Crippen molar-refractivity contribution in [2.75, 3.05) is 11.9 Å². The zero-order valence-electron chi connectivity index (χ0n) is 13.9. The summed E-state index contributed by atoms with van der Waals surface area (Å²) in [6, 6.07) is 15.6. The van der Waals surface area contributed by atoms with Crippen LogP contribution in [0.3, 0.4) is 0 Å². The van der Waals surface area contributed by atoms with Gasteiger partial charge >= 0.3 is 0 Å². The molecule has 2 aromatic carbocycles. The fourth-order valence-electron chi connectivity index (χ4n) is 2.22. The van der Waals surface area contributed by atoms with Gasteiger partial charge in [0.25, 0.3) is 5.91 Å². The topological polar surface area (TPSA) is 71.3 Å². The highest BCUT2D eigenvalue weighted by atomic mass is 16.2. The van der Waals surface area contributed by atoms with Gasteiger partial charge in [0.15, 0.2) is 0 Å². The molecule has 0 bridgehead atoms. The van der Waals surface area contributed by atoms with Crippen molar-refractivity contribution in [3.63, 3.8) is 0 Å². The van der Waals surface area contributed by atoms with Crippen LogP contribution in [-0.2, 0) is 4.79 Å². The second-order valence-electron chi connectivity index (χ2n) is 5.57. The Bertz CT molecular complexity index is 837. The quantitative estimate of drug-likeness (QED) is 0.538. The van der Waals surface area contributed by atoms with Gasteiger partial charge < -0.3 is 9.88 Å². The molecule has 0 aliphatic carbocycles. The summed E-state index contributed by atoms with van der Waals surface area (Å²) in [6.45, 7) is 2.19. The number of carbonyl (C=O) groups is 1. The van der Waals surface area contributed by atoms with Crippen LogP contribution in [0.5, 0.6) is 0 Å². The number of hydrazone groups is 1. The third-order valence-electron chi connectivity index (χ3n) is 3.60. The van der Waals surface area contributed by atoms with E-state index in [1.807, 2.05) is 66.2 Å². The smallest absolute Gasteiger partial charge is 0.259 e. The van der Waals surface area contributed by atoms with Crippen molar-refractivity contribution in [2.24, 2.45) is 5.10 Å². The lowest BCUT2D eigenvalue weighted by atomic mass is 10.2. The van der Waals surface area contributed by atoms with Crippen LogP contribution in [0.15, 0.2) is 72.4 Å². The van der Waals surface area contributed by atoms with Crippen LogP contribution in [0, 0.1) is 6.92 Å². The zero-order valence-corrected chi connectivity index (χ0v) is 13.9. The van der Waals surface area contributed by atoms with Gasteiger partial charge in [0, 0.05) is 23.8 Å². The van der Waals surface area contributed by atoms with Crippen molar-refractivity contribution < 1.29 is 4.79 Å². The van der Waals surface area contributed by atoms with Crippen molar-refractivity contribution in [1.29, 1.82) is 0 Å². The van der Waals surface area contributed by atoms with Gasteiger partial charge in [-0.15, -0.1) is 0 Å². The zero-order chi connectivity index (χ0) is 17.5. The van der Waals surface area contributed by atoms with E-state index in [1.54, 1.807) is 18.7 Å². The monoisotopic (exact) mass is 333 g/mol. The van der Waals surface area contributed by atoms with Gasteiger partial charge in [-0.25, -0.2) is 10.4 Å². The van der Waals surface area contributed by atoms with Crippen LogP contribution >= 0.6 is 0 Å². The predicted octanol–water partition coefficient (Wildman–Crippen LogP) is 2.74. The molecule has 3 aromatic rings. The molecule has 0 aliphatic rings. The highest BCUT2D eigenvalue weighted by Gasteiger charge is 1.99. The summed E-state index contributed by atoms with van der Waals surface area (Å²) in [5, 5.41) is 7.03. The number of rotatable bonds is 6. The Balaban J connectivity index is 1.47. The number of hydrogen-bond donors (Lipinski definition) is 2. The lowest BCUT2D eigenvalue weighted by Gasteiger charge is -2.05. The average Bonchev–Trinajstić information content (AvgIpc) is 3.16. The van der Waals surface area contributed by atoms with E-state index in [2.05, 4.69) is 20.8 Å². The first kappa shape index (κ1) is 16.4. The van der Waals surface area contributed by atoms with Crippen LogP contribution in [0.2, 0.25) is 0 Å². The molecule has 0 spiro atoms. The summed E-state index contributed by atoms with van der Waals surface area (Å²) in [5.74, 6) is -0.202. The minimum absolute atomic E-state index is 0.167. The van der Waals surface area contributed by atoms with Crippen molar-refractivity contribution in [2.45, 2.75) is 6.92 Å². The fraction of sp³-hybridized carbons (Fsp3) is 0.105. The molecule has 0 saturated carbocycles. The Morgan fingerprint density at radius 2 is 1.92 bits per heavy atom. The first-order chi connectivity index (χ1) is 12.2. The van der Waals surface area contributed by atoms with Crippen LogP contribution in [-0.4, -0.2) is 28.2 Å². The van der Waals surface area contributed by atoms with Crippen LogP contribution in [0.25, 0.3) is 5.69 Å². The molecule has 0 atom stereocenters. The largest absolute Gasteiger partial charge is 0.376 e. The van der Waals surface area contributed by atoms with E-state index in [4.69, 9.17) is 0 Å². The molecule has 1 heterocycles. The maximum Gasteiger partial charge on any atom is 0.259 e. The molecule has 126 valence electrons. The summed E-state index contributed by atoms with van der Waals surface area (Å²) in [6.07, 6.45) is 6.96. The molecular formula is C19H19N5O. The Hall–Kier alpha value is -3.41. The van der Waals surface area contributed by atoms with Gasteiger partial charge in [0.1, 0.15) is 0 Å². The number of nitrogens with one attached hydrogen (secondary N) is 2. The van der Waals surface area contributed by atoms with E-state index < -0.39 is 0 Å². The standard InChI is InChI=1S/C19H19N5O/c1-15-2-6-17(7-3-15)21-13-19(25)23-22-12-16-4-8-18(9-5-16)24-11-10-20-14-24/h2-12,14,21H,13H2,1H3,(H,23,25)/b22-12+. The second kappa shape index (κ2) is 7.92. The molecule has 6 heteroatoms. The van der Waals surface area contributed by atoms with E-state index in [9.17, 15) is 4.79 Å². The summed E-state index contributed by atoms with van der Waals surface area (Å²) < 4.78 is 1.92. The predicted molar refractivity (Wildman–Crippen MR) is 99.0 cm³/mol. The van der Waals surface area contributed by atoms with Gasteiger partial charge in [-0.05, 0) is 36.8 Å². The van der Waals surface area contributed by atoms with E-state index >= 15 is 0 Å². The number of carbonyl (C=O) groups excluding carboxylic acids is 1. The van der Waals surface area contributed by atoms with Crippen molar-refractivity contribution >= 4 is 17.8 Å². The van der Waals surface area contributed by atoms with Crippen LogP contribution in [0.4, 0.5) is 5.69 Å². The average molecular weight is 333 g/mol. The van der Waals surface area contributed by atoms with Crippen molar-refractivity contribution in [3.05, 3.63) is 78.4 Å². The van der Waals surface area contributed by atoms with Crippen molar-refractivity contribution in [1.82, 2.24) is 15.0 Å². The Kier molecular flexibility index (Phi) is 5.21. The van der Waals surface area contributed by atoms with E-state index in [1.165, 1.54) is 5.56 Å². The summed E-state index contributed by atoms with van der Waals surface area (Å²) in [4.78, 5) is 15.8. The fourth-order valence-corrected chi connectivity index (χ4v) is 2.22. The molecule has 0 fully saturated rings. The number of benzene rings is 2. The SMILES string of the molecule is Cc1ccc(NCC(=O)N/N=C/c2ccc(-n3ccnc3)cc2)cc1. The second-order valence-corrected chi connectivity index (χ2v) is 5.57. The molecule has 0 saturated heterocycles. The summed E-state index contributed by atoms with van der Waals surface area (Å²) in [7, 11) is 0. The lowest BCUT2D eigenvalue weighted by Crippen LogP contribution is -2.25. The van der Waals surface area contributed by atoms with Gasteiger partial charge in [-0.3, -0.25) is 4.79 Å². The molecule has 0 radical (unpaired) electrons. The van der Waals surface area contributed by atoms with Crippen LogP contribution in [0.1, 0.15) is 11.1 Å². The first-order valence-corrected chi connectivity index (χ1v) is 7.91. The third kappa shape index (κ3) is 4.78. The van der Waals surface area contributed by atoms with E-state index in [-0.39, 0.29) is 12.5 Å². The molecular weight excluding hydrogens is 314 g/mol. The molecule has 0 unspecified atom stereocenters. The first-order valence-electron chi connectivity index (χ1n) is 7.91. The van der Waals surface area contributed by atoms with E-state index in [0.29, 0.717) is 0 Å². The van der Waals surface area contributed by atoms with Crippen LogP contribution < -0.4 is 10.7 Å². The summed E-state index contributed by atoms with van der Waals surface area (Å²) >= 11 is 0. The maximum atomic E-state index is 11.8. The third-order valence-corrected chi connectivity index (χ3v) is 3.60. The molecule has 0 aliphatic heterocycles. The number of aryl methyl sites for hydroxylation is 1. The normalized spacial score (nSPS) is 10.8. The number of amides is 1. The molecule has 1 aromatic heterocycles. The minimum atomic E-state index is -0.202. The Labute approximate surface area is 146 Å². The molecule has 25 heavy (non-hydrogen) atoms. The molecule has 3 rings (SSSR count). The van der Waals surface area contributed by atoms with Gasteiger partial charge in [-0.2, -0.15) is 5.10 Å². The highest BCUT2D eigenvalue weighted by Crippen LogP contribution is 2.08. The molecule has 2 N–H and O–H groups in total. The number of aromatic nitrogens is 2. The Morgan fingerprint density at radius 3 is 2.60 bits per heavy atom. The van der Waals surface area contributed by atoms with Crippen molar-refractivity contribution in [3.8, 4) is 5.69 Å². The molecule has 6 nitrogen and oxygen atoms in total. The number of imidazole rings is 1. The number of hydrogen-bond acceptors (Lipinski definition) is 4. The minimum Gasteiger partial charge on any atom is -0.376 e. The van der Waals surface area contributed by atoms with Gasteiger partial charge in [0.2, 0.25) is 0 Å². The van der Waals surface area contributed by atoms with Gasteiger partial charge in [0.05, 0.1) is 19.1 Å². The maximum absolute atomic E-state index is 11.8. The molecule has 1 amide bonds. The summed E-state index contributed by atoms with van der Waals surface area (Å²) in [5.41, 5.74) is 6.50. The lowest BCUT2D eigenvalue weighted by molar-refractivity contribution is -0.119. The Morgan fingerprint density at radius 1 is 1.16 bits per heavy atom. The highest BCUT2D eigenvalue weighted by molar-refractivity contribution is 5.84.